The Morgan fingerprint density at radius 2 is 1.37 bits per heavy atom. The Labute approximate surface area is 273 Å². The largest absolute Gasteiger partial charge is 0.484 e. The van der Waals surface area contributed by atoms with Crippen LogP contribution in [-0.4, -0.2) is 47.8 Å². The molecule has 0 unspecified atom stereocenters. The number of nitro benzene ring substituents is 2. The van der Waals surface area contributed by atoms with Crippen LogP contribution in [0.4, 0.5) is 37.7 Å². The number of benzene rings is 3. The van der Waals surface area contributed by atoms with Crippen LogP contribution in [0, 0.1) is 26.0 Å². The van der Waals surface area contributed by atoms with Crippen LogP contribution in [0.1, 0.15) is 47.2 Å². The Kier molecular flexibility index (Phi) is 13.1. The zero-order valence-corrected chi connectivity index (χ0v) is 25.1. The molecular formula is C31H26F6N2O10. The Morgan fingerprint density at radius 1 is 0.776 bits per heavy atom. The van der Waals surface area contributed by atoms with Crippen molar-refractivity contribution in [2.75, 3.05) is 19.8 Å². The number of hydrogen-bond donors (Lipinski definition) is 0. The number of carbonyl (C=O) groups is 2. The van der Waals surface area contributed by atoms with Gasteiger partial charge in [0.1, 0.15) is 5.75 Å². The van der Waals surface area contributed by atoms with E-state index in [-0.39, 0.29) is 18.8 Å². The van der Waals surface area contributed by atoms with Crippen molar-refractivity contribution < 1.29 is 64.7 Å². The van der Waals surface area contributed by atoms with E-state index in [2.05, 4.69) is 9.47 Å². The smallest absolute Gasteiger partial charge is 0.426 e. The molecule has 0 spiro atoms. The molecule has 0 N–H and O–H groups in total. The fourth-order valence-corrected chi connectivity index (χ4v) is 3.92. The zero-order valence-electron chi connectivity index (χ0n) is 25.1. The van der Waals surface area contributed by atoms with Gasteiger partial charge in [-0.3, -0.25) is 20.2 Å². The van der Waals surface area contributed by atoms with Crippen molar-refractivity contribution in [2.45, 2.75) is 38.0 Å². The highest BCUT2D eigenvalue weighted by molar-refractivity contribution is 5.91. The van der Waals surface area contributed by atoms with E-state index in [1.54, 1.807) is 0 Å². The SMILES string of the molecule is O=C(/C=C/c1ccc(C(F)(F)Oc2ccc(OCC(F)(F)F)cc2F)cc1)OCCCCCCOC(=O)c1cc([N+](=O)[O-])cc([N+](=O)[O-])c1. The van der Waals surface area contributed by atoms with Crippen molar-refractivity contribution in [1.82, 2.24) is 0 Å². The van der Waals surface area contributed by atoms with Crippen LogP contribution >= 0.6 is 0 Å². The Bertz CT molecular complexity index is 1650. The predicted molar refractivity (Wildman–Crippen MR) is 157 cm³/mol. The van der Waals surface area contributed by atoms with Crippen LogP contribution in [-0.2, 0) is 20.4 Å². The lowest BCUT2D eigenvalue weighted by Crippen LogP contribution is -2.22. The second-order valence-corrected chi connectivity index (χ2v) is 10.0. The van der Waals surface area contributed by atoms with Gasteiger partial charge in [-0.15, -0.1) is 0 Å². The molecule has 12 nitrogen and oxygen atoms in total. The van der Waals surface area contributed by atoms with Gasteiger partial charge in [-0.05, 0) is 61.6 Å². The minimum atomic E-state index is -4.67. The Hall–Kier alpha value is -5.68. The van der Waals surface area contributed by atoms with Crippen LogP contribution in [0.25, 0.3) is 6.08 Å². The van der Waals surface area contributed by atoms with Gasteiger partial charge >= 0.3 is 24.2 Å². The summed E-state index contributed by atoms with van der Waals surface area (Å²) in [5.74, 6) is -4.49. The van der Waals surface area contributed by atoms with Gasteiger partial charge in [0, 0.05) is 24.3 Å². The van der Waals surface area contributed by atoms with Gasteiger partial charge in [-0.1, -0.05) is 12.1 Å². The number of rotatable bonds is 17. The fraction of sp³-hybridized carbons (Fsp3) is 0.290. The number of nitrogens with zero attached hydrogens (tertiary/aromatic N) is 2. The third kappa shape index (κ3) is 12.5. The third-order valence-electron chi connectivity index (χ3n) is 6.28. The maximum atomic E-state index is 14.6. The quantitative estimate of drug-likeness (QED) is 0.0342. The summed E-state index contributed by atoms with van der Waals surface area (Å²) >= 11 is 0. The normalized spacial score (nSPS) is 11.6. The van der Waals surface area contributed by atoms with E-state index in [1.165, 1.54) is 18.2 Å². The molecule has 3 aromatic carbocycles. The number of alkyl halides is 5. The van der Waals surface area contributed by atoms with Crippen molar-refractivity contribution >= 4 is 29.4 Å². The number of esters is 2. The number of unbranched alkanes of at least 4 members (excludes halogenated alkanes) is 3. The van der Waals surface area contributed by atoms with Gasteiger partial charge in [0.05, 0.1) is 40.3 Å². The number of halogens is 6. The standard InChI is InChI=1S/C31H26F6N2O10/c32-26-18-25(48-19-30(33,34)35)10-11-27(26)49-31(36,37)22-8-5-20(6-9-22)7-12-28(40)46-13-3-1-2-4-14-47-29(41)21-15-23(38(42)43)17-24(16-21)39(44)45/h5-12,15-18H,1-4,13-14,19H2/b12-7+. The first-order valence-corrected chi connectivity index (χ1v) is 14.2. The average molecular weight is 701 g/mol. The van der Waals surface area contributed by atoms with E-state index in [0.29, 0.717) is 43.4 Å². The molecule has 3 rings (SSSR count). The van der Waals surface area contributed by atoms with Gasteiger partial charge in [0.15, 0.2) is 18.2 Å². The molecule has 262 valence electrons. The molecule has 0 aromatic heterocycles. The molecule has 3 aromatic rings. The topological polar surface area (TPSA) is 157 Å². The first kappa shape index (κ1) is 37.8. The highest BCUT2D eigenvalue weighted by Gasteiger charge is 2.35. The Morgan fingerprint density at radius 3 is 1.92 bits per heavy atom. The van der Waals surface area contributed by atoms with E-state index in [1.807, 2.05) is 0 Å². The molecular weight excluding hydrogens is 674 g/mol. The highest BCUT2D eigenvalue weighted by atomic mass is 19.4. The van der Waals surface area contributed by atoms with Gasteiger partial charge in [0.25, 0.3) is 11.4 Å². The fourth-order valence-electron chi connectivity index (χ4n) is 3.92. The Balaban J connectivity index is 1.36. The van der Waals surface area contributed by atoms with Crippen LogP contribution in [0.5, 0.6) is 11.5 Å². The van der Waals surface area contributed by atoms with Crippen LogP contribution in [0.3, 0.4) is 0 Å². The molecule has 0 atom stereocenters. The molecule has 0 amide bonds. The van der Waals surface area contributed by atoms with Crippen molar-refractivity contribution in [3.05, 3.63) is 109 Å². The third-order valence-corrected chi connectivity index (χ3v) is 6.28. The second-order valence-electron chi connectivity index (χ2n) is 10.0. The van der Waals surface area contributed by atoms with E-state index < -0.39 is 74.9 Å². The molecule has 0 aliphatic rings. The van der Waals surface area contributed by atoms with Crippen LogP contribution in [0.15, 0.2) is 66.7 Å². The molecule has 18 heteroatoms. The molecule has 49 heavy (non-hydrogen) atoms. The lowest BCUT2D eigenvalue weighted by molar-refractivity contribution is -0.394. The summed E-state index contributed by atoms with van der Waals surface area (Å²) in [7, 11) is 0. The predicted octanol–water partition coefficient (Wildman–Crippen LogP) is 7.69. The van der Waals surface area contributed by atoms with Gasteiger partial charge in [0.2, 0.25) is 0 Å². The van der Waals surface area contributed by atoms with Gasteiger partial charge in [-0.25, -0.2) is 14.0 Å². The molecule has 0 heterocycles. The average Bonchev–Trinajstić information content (AvgIpc) is 3.04. The van der Waals surface area contributed by atoms with Crippen molar-refractivity contribution in [3.8, 4) is 11.5 Å². The number of non-ortho nitro benzene ring substituents is 2. The van der Waals surface area contributed by atoms with Crippen molar-refractivity contribution in [2.24, 2.45) is 0 Å². The highest BCUT2D eigenvalue weighted by Crippen LogP contribution is 2.34. The van der Waals surface area contributed by atoms with E-state index in [9.17, 15) is 56.2 Å². The molecule has 0 aliphatic carbocycles. The van der Waals surface area contributed by atoms with E-state index in [4.69, 9.17) is 9.47 Å². The zero-order chi connectivity index (χ0) is 36.2. The van der Waals surface area contributed by atoms with Gasteiger partial charge < -0.3 is 18.9 Å². The summed E-state index contributed by atoms with van der Waals surface area (Å²) in [5, 5.41) is 21.9. The summed E-state index contributed by atoms with van der Waals surface area (Å²) in [5.41, 5.74) is -1.92. The summed E-state index contributed by atoms with van der Waals surface area (Å²) in [6.45, 7) is -1.70. The lowest BCUT2D eigenvalue weighted by atomic mass is 10.1. The summed E-state index contributed by atoms with van der Waals surface area (Å²) in [6.07, 6.45) is -4.33. The molecule has 0 aliphatic heterocycles. The number of hydrogen-bond acceptors (Lipinski definition) is 10. The maximum Gasteiger partial charge on any atom is 0.426 e. The minimum Gasteiger partial charge on any atom is -0.484 e. The number of carbonyl (C=O) groups excluding carboxylic acids is 2. The number of ether oxygens (including phenoxy) is 4. The second kappa shape index (κ2) is 16.9. The maximum absolute atomic E-state index is 14.6. The molecule has 0 saturated heterocycles. The van der Waals surface area contributed by atoms with Crippen LogP contribution < -0.4 is 9.47 Å². The van der Waals surface area contributed by atoms with E-state index >= 15 is 0 Å². The lowest BCUT2D eigenvalue weighted by Gasteiger charge is -2.19. The van der Waals surface area contributed by atoms with Gasteiger partial charge in [-0.2, -0.15) is 22.0 Å². The molecule has 0 radical (unpaired) electrons. The minimum absolute atomic E-state index is 0.0504. The summed E-state index contributed by atoms with van der Waals surface area (Å²) in [6, 6.07) is 8.91. The molecule has 0 fully saturated rings. The molecule has 0 saturated carbocycles. The molecule has 0 bridgehead atoms. The summed E-state index contributed by atoms with van der Waals surface area (Å²) in [4.78, 5) is 44.3. The first-order valence-electron chi connectivity index (χ1n) is 14.2. The van der Waals surface area contributed by atoms with Crippen molar-refractivity contribution in [1.29, 1.82) is 0 Å². The van der Waals surface area contributed by atoms with Crippen LogP contribution in [0.2, 0.25) is 0 Å². The number of nitro groups is 2. The summed E-state index contributed by atoms with van der Waals surface area (Å²) < 4.78 is 99.0. The first-order chi connectivity index (χ1) is 23.0. The van der Waals surface area contributed by atoms with E-state index in [0.717, 1.165) is 42.5 Å². The monoisotopic (exact) mass is 700 g/mol. The van der Waals surface area contributed by atoms with Crippen molar-refractivity contribution in [3.63, 3.8) is 0 Å².